The van der Waals surface area contributed by atoms with Gasteiger partial charge in [-0.3, -0.25) is 4.79 Å². The molecule has 0 aliphatic rings. The molecule has 0 aliphatic carbocycles. The van der Waals surface area contributed by atoms with Crippen LogP contribution in [0, 0.1) is 0 Å². The summed E-state index contributed by atoms with van der Waals surface area (Å²) >= 11 is 0. The number of carbonyl (C=O) groups is 1. The number of benzene rings is 6. The Labute approximate surface area is 230 Å². The predicted molar refractivity (Wildman–Crippen MR) is 160 cm³/mol. The third-order valence-electron chi connectivity index (χ3n) is 7.30. The number of H-pyrrole nitrogens is 1. The number of ether oxygens (including phenoxy) is 1. The van der Waals surface area contributed by atoms with E-state index in [4.69, 9.17) is 9.72 Å². The van der Waals surface area contributed by atoms with Gasteiger partial charge in [-0.1, -0.05) is 84.9 Å². The zero-order valence-corrected chi connectivity index (χ0v) is 21.5. The molecule has 40 heavy (non-hydrogen) atoms. The fraction of sp³-hybridized carbons (Fsp3) is 0.0286. The van der Waals surface area contributed by atoms with E-state index in [0.717, 1.165) is 55.1 Å². The molecule has 7 aromatic rings. The summed E-state index contributed by atoms with van der Waals surface area (Å²) in [6.45, 7) is 0.311. The van der Waals surface area contributed by atoms with Gasteiger partial charge in [-0.05, 0) is 57.4 Å². The number of aromatic nitrogens is 2. The van der Waals surface area contributed by atoms with Crippen molar-refractivity contribution in [2.75, 3.05) is 0 Å². The molecule has 0 atom stereocenters. The summed E-state index contributed by atoms with van der Waals surface area (Å²) < 4.78 is 6.48. The number of phenols is 1. The summed E-state index contributed by atoms with van der Waals surface area (Å²) in [6, 6.07) is 37.5. The second-order valence-electron chi connectivity index (χ2n) is 9.78. The zero-order chi connectivity index (χ0) is 27.1. The number of rotatable bonds is 6. The largest absolute Gasteiger partial charge is 0.507 e. The van der Waals surface area contributed by atoms with Gasteiger partial charge in [-0.15, -0.1) is 0 Å². The number of para-hydroxylation sites is 2. The lowest BCUT2D eigenvalue weighted by molar-refractivity contribution is 0.112. The van der Waals surface area contributed by atoms with Gasteiger partial charge in [-0.2, -0.15) is 0 Å². The van der Waals surface area contributed by atoms with Crippen LogP contribution in [0.2, 0.25) is 0 Å². The Morgan fingerprint density at radius 2 is 1.50 bits per heavy atom. The van der Waals surface area contributed by atoms with Crippen LogP contribution in [0.25, 0.3) is 55.1 Å². The Kier molecular flexibility index (Phi) is 5.75. The minimum absolute atomic E-state index is 0.0539. The van der Waals surface area contributed by atoms with Crippen molar-refractivity contribution in [2.24, 2.45) is 0 Å². The topological polar surface area (TPSA) is 75.2 Å². The molecule has 5 heteroatoms. The van der Waals surface area contributed by atoms with E-state index < -0.39 is 0 Å². The molecule has 0 spiro atoms. The Morgan fingerprint density at radius 1 is 0.750 bits per heavy atom. The molecule has 0 bridgehead atoms. The van der Waals surface area contributed by atoms with Gasteiger partial charge < -0.3 is 14.8 Å². The monoisotopic (exact) mass is 520 g/mol. The standard InChI is InChI=1S/C35H24N2O3/c38-20-26-19-24-10-2-4-13-28(24)33(34(26)39)32-27-12-3-1-9-23(27)16-17-31(32)40-21-22-8-7-11-25(18-22)35-36-29-14-5-6-15-30(29)37-35/h1-20,39H,21H2,(H,36,37). The van der Waals surface area contributed by atoms with Crippen LogP contribution in [0.5, 0.6) is 11.5 Å². The Balaban J connectivity index is 1.33. The van der Waals surface area contributed by atoms with Crippen LogP contribution >= 0.6 is 0 Å². The molecule has 1 heterocycles. The van der Waals surface area contributed by atoms with Crippen LogP contribution in [0.15, 0.2) is 115 Å². The van der Waals surface area contributed by atoms with Crippen molar-refractivity contribution in [3.05, 3.63) is 126 Å². The third kappa shape index (κ3) is 4.05. The van der Waals surface area contributed by atoms with E-state index in [9.17, 15) is 9.90 Å². The van der Waals surface area contributed by atoms with Crippen LogP contribution in [0.4, 0.5) is 0 Å². The molecule has 2 N–H and O–H groups in total. The molecular weight excluding hydrogens is 496 g/mol. The molecule has 5 nitrogen and oxygen atoms in total. The molecule has 6 aromatic carbocycles. The molecule has 0 aliphatic heterocycles. The molecular formula is C35H24N2O3. The highest BCUT2D eigenvalue weighted by Crippen LogP contribution is 2.46. The number of aldehydes is 1. The Hall–Kier alpha value is -5.42. The predicted octanol–water partition coefficient (Wildman–Crippen LogP) is 8.30. The number of phenolic OH excluding ortho intramolecular Hbond substituents is 1. The number of hydrogen-bond acceptors (Lipinski definition) is 4. The third-order valence-corrected chi connectivity index (χ3v) is 7.30. The number of imidazole rings is 1. The zero-order valence-electron chi connectivity index (χ0n) is 21.5. The lowest BCUT2D eigenvalue weighted by Crippen LogP contribution is -1.99. The van der Waals surface area contributed by atoms with Crippen molar-refractivity contribution in [2.45, 2.75) is 6.61 Å². The average Bonchev–Trinajstić information content (AvgIpc) is 3.45. The number of fused-ring (bicyclic) bond motifs is 3. The molecule has 0 unspecified atom stereocenters. The van der Waals surface area contributed by atoms with E-state index in [1.54, 1.807) is 6.07 Å². The Bertz CT molecular complexity index is 2030. The fourth-order valence-electron chi connectivity index (χ4n) is 5.39. The minimum atomic E-state index is -0.0539. The van der Waals surface area contributed by atoms with Gasteiger partial charge in [0.2, 0.25) is 0 Å². The van der Waals surface area contributed by atoms with Gasteiger partial charge in [0.15, 0.2) is 6.29 Å². The minimum Gasteiger partial charge on any atom is -0.507 e. The van der Waals surface area contributed by atoms with Gasteiger partial charge >= 0.3 is 0 Å². The summed E-state index contributed by atoms with van der Waals surface area (Å²) in [5.74, 6) is 1.37. The number of carbonyl (C=O) groups excluding carboxylic acids is 1. The number of hydrogen-bond donors (Lipinski definition) is 2. The van der Waals surface area contributed by atoms with Crippen LogP contribution in [-0.2, 0) is 6.61 Å². The van der Waals surface area contributed by atoms with Crippen molar-refractivity contribution in [1.29, 1.82) is 0 Å². The lowest BCUT2D eigenvalue weighted by atomic mass is 9.90. The van der Waals surface area contributed by atoms with Crippen molar-refractivity contribution >= 4 is 38.9 Å². The molecule has 192 valence electrons. The van der Waals surface area contributed by atoms with E-state index in [2.05, 4.69) is 11.1 Å². The smallest absolute Gasteiger partial charge is 0.153 e. The van der Waals surface area contributed by atoms with Crippen LogP contribution in [-0.4, -0.2) is 21.4 Å². The van der Waals surface area contributed by atoms with Gasteiger partial charge in [0, 0.05) is 16.7 Å². The van der Waals surface area contributed by atoms with Crippen molar-refractivity contribution in [1.82, 2.24) is 9.97 Å². The second-order valence-corrected chi connectivity index (χ2v) is 9.78. The lowest BCUT2D eigenvalue weighted by Gasteiger charge is -2.18. The van der Waals surface area contributed by atoms with Crippen LogP contribution in [0.3, 0.4) is 0 Å². The summed E-state index contributed by atoms with van der Waals surface area (Å²) in [5.41, 5.74) is 5.44. The maximum absolute atomic E-state index is 11.9. The number of aromatic hydroxyl groups is 1. The quantitative estimate of drug-likeness (QED) is 0.216. The molecule has 0 radical (unpaired) electrons. The first-order valence-corrected chi connectivity index (χ1v) is 13.1. The summed E-state index contributed by atoms with van der Waals surface area (Å²) in [5, 5.41) is 15.0. The number of nitrogens with one attached hydrogen (secondary N) is 1. The fourth-order valence-corrected chi connectivity index (χ4v) is 5.39. The molecule has 7 rings (SSSR count). The van der Waals surface area contributed by atoms with Gasteiger partial charge in [0.1, 0.15) is 23.9 Å². The van der Waals surface area contributed by atoms with Gasteiger partial charge in [0.05, 0.1) is 16.6 Å². The highest BCUT2D eigenvalue weighted by atomic mass is 16.5. The van der Waals surface area contributed by atoms with Gasteiger partial charge in [-0.25, -0.2) is 4.98 Å². The van der Waals surface area contributed by atoms with Crippen LogP contribution < -0.4 is 4.74 Å². The summed E-state index contributed by atoms with van der Waals surface area (Å²) in [4.78, 5) is 20.0. The number of nitrogens with zero attached hydrogens (tertiary/aromatic N) is 1. The van der Waals surface area contributed by atoms with Crippen molar-refractivity contribution in [3.63, 3.8) is 0 Å². The number of aromatic amines is 1. The summed E-state index contributed by atoms with van der Waals surface area (Å²) in [6.07, 6.45) is 0.695. The van der Waals surface area contributed by atoms with Crippen molar-refractivity contribution < 1.29 is 14.6 Å². The summed E-state index contributed by atoms with van der Waals surface area (Å²) in [7, 11) is 0. The first-order valence-electron chi connectivity index (χ1n) is 13.1. The molecule has 0 saturated heterocycles. The first-order chi connectivity index (χ1) is 19.7. The van der Waals surface area contributed by atoms with E-state index in [1.165, 1.54) is 0 Å². The highest BCUT2D eigenvalue weighted by Gasteiger charge is 2.20. The average molecular weight is 521 g/mol. The molecule has 0 fully saturated rings. The molecule has 1 aromatic heterocycles. The van der Waals surface area contributed by atoms with Gasteiger partial charge in [0.25, 0.3) is 0 Å². The molecule has 0 amide bonds. The highest BCUT2D eigenvalue weighted by molar-refractivity contribution is 6.12. The molecule has 0 saturated carbocycles. The maximum atomic E-state index is 11.9. The van der Waals surface area contributed by atoms with E-state index in [0.29, 0.717) is 24.2 Å². The van der Waals surface area contributed by atoms with E-state index >= 15 is 0 Å². The Morgan fingerprint density at radius 3 is 2.33 bits per heavy atom. The normalized spacial score (nSPS) is 11.3. The first kappa shape index (κ1) is 23.7. The van der Waals surface area contributed by atoms with E-state index in [-0.39, 0.29) is 11.3 Å². The van der Waals surface area contributed by atoms with Crippen LogP contribution in [0.1, 0.15) is 15.9 Å². The van der Waals surface area contributed by atoms with E-state index in [1.807, 2.05) is 103 Å². The SMILES string of the molecule is O=Cc1cc2ccccc2c(-c2c(OCc3cccc(-c4nc5ccccc5[nH]4)c3)ccc3ccccc23)c1O. The maximum Gasteiger partial charge on any atom is 0.153 e. The van der Waals surface area contributed by atoms with Crippen molar-refractivity contribution in [3.8, 4) is 34.0 Å². The second kappa shape index (κ2) is 9.71.